The number of aliphatic imine (C=N–C) groups is 1. The maximum atomic E-state index is 12.1. The Balaban J connectivity index is 0.00000364. The van der Waals surface area contributed by atoms with Crippen molar-refractivity contribution in [3.05, 3.63) is 34.3 Å². The molecule has 0 saturated carbocycles. The van der Waals surface area contributed by atoms with Crippen LogP contribution in [-0.4, -0.2) is 62.6 Å². The molecule has 1 heterocycles. The number of amides is 1. The van der Waals surface area contributed by atoms with Gasteiger partial charge in [-0.3, -0.25) is 14.7 Å². The molecule has 0 spiro atoms. The minimum atomic E-state index is -0.0466. The maximum absolute atomic E-state index is 12.1. The van der Waals surface area contributed by atoms with Crippen LogP contribution in [0.5, 0.6) is 0 Å². The first kappa shape index (κ1) is 24.2. The number of carbonyl (C=O) groups excluding carboxylic acids is 1. The number of nitrogens with zero attached hydrogens (tertiary/aromatic N) is 2. The van der Waals surface area contributed by atoms with Crippen molar-refractivity contribution >= 4 is 51.8 Å². The van der Waals surface area contributed by atoms with E-state index in [1.165, 1.54) is 19.4 Å². The summed E-state index contributed by atoms with van der Waals surface area (Å²) in [6.07, 6.45) is 3.37. The number of nitrogens with one attached hydrogen (secondary N) is 3. The number of rotatable bonds is 8. The molecule has 0 aromatic heterocycles. The third-order valence-corrected chi connectivity index (χ3v) is 5.15. The Morgan fingerprint density at radius 3 is 2.78 bits per heavy atom. The Hall–Kier alpha value is -0.870. The fraction of sp³-hybridized carbons (Fsp3) is 0.579. The summed E-state index contributed by atoms with van der Waals surface area (Å²) in [5, 5.41) is 9.66. The number of likely N-dealkylation sites (tertiary alicyclic amines) is 1. The van der Waals surface area contributed by atoms with Crippen molar-refractivity contribution in [2.45, 2.75) is 32.2 Å². The largest absolute Gasteiger partial charge is 0.356 e. The molecule has 0 bridgehead atoms. The number of benzene rings is 1. The smallest absolute Gasteiger partial charge is 0.251 e. The molecule has 1 aliphatic rings. The van der Waals surface area contributed by atoms with Crippen molar-refractivity contribution in [3.63, 3.8) is 0 Å². The van der Waals surface area contributed by atoms with Crippen LogP contribution in [0.2, 0.25) is 0 Å². The van der Waals surface area contributed by atoms with E-state index in [2.05, 4.69) is 48.7 Å². The highest BCUT2D eigenvalue weighted by Gasteiger charge is 2.22. The molecule has 1 amide bonds. The Morgan fingerprint density at radius 2 is 2.07 bits per heavy atom. The van der Waals surface area contributed by atoms with Crippen LogP contribution in [0.4, 0.5) is 0 Å². The standard InChI is InChI=1S/C19H30BrN5O.HI/c1-3-25-12-5-9-17(25)14-24-19(21-2)23-11-6-10-22-18(26)15-7-4-8-16(20)13-15;/h4,7-8,13,17H,3,5-6,9-12,14H2,1-2H3,(H,22,26)(H2,21,23,24);1H. The third-order valence-electron chi connectivity index (χ3n) is 4.65. The molecule has 152 valence electrons. The van der Waals surface area contributed by atoms with Crippen LogP contribution in [0, 0.1) is 0 Å². The lowest BCUT2D eigenvalue weighted by molar-refractivity contribution is 0.0953. The molecule has 0 aliphatic carbocycles. The maximum Gasteiger partial charge on any atom is 0.251 e. The van der Waals surface area contributed by atoms with E-state index in [1.807, 2.05) is 24.3 Å². The van der Waals surface area contributed by atoms with Gasteiger partial charge in [0.05, 0.1) is 0 Å². The summed E-state index contributed by atoms with van der Waals surface area (Å²) in [5.41, 5.74) is 0.668. The average molecular weight is 552 g/mol. The van der Waals surface area contributed by atoms with Gasteiger partial charge in [0.2, 0.25) is 0 Å². The van der Waals surface area contributed by atoms with E-state index in [4.69, 9.17) is 0 Å². The molecule has 1 aliphatic heterocycles. The highest BCUT2D eigenvalue weighted by Crippen LogP contribution is 2.15. The van der Waals surface area contributed by atoms with Crippen LogP contribution in [0.1, 0.15) is 36.5 Å². The first-order valence-corrected chi connectivity index (χ1v) is 10.2. The SMILES string of the molecule is CCN1CCCC1CNC(=NC)NCCCNC(=O)c1cccc(Br)c1.I. The lowest BCUT2D eigenvalue weighted by Gasteiger charge is -2.24. The lowest BCUT2D eigenvalue weighted by Crippen LogP contribution is -2.45. The van der Waals surface area contributed by atoms with Crippen LogP contribution in [0.25, 0.3) is 0 Å². The Morgan fingerprint density at radius 1 is 1.30 bits per heavy atom. The van der Waals surface area contributed by atoms with E-state index < -0.39 is 0 Å². The molecule has 1 aromatic rings. The summed E-state index contributed by atoms with van der Waals surface area (Å²) >= 11 is 3.38. The van der Waals surface area contributed by atoms with Crippen molar-refractivity contribution in [1.29, 1.82) is 0 Å². The first-order chi connectivity index (χ1) is 12.6. The summed E-state index contributed by atoms with van der Waals surface area (Å²) in [7, 11) is 1.79. The zero-order valence-corrected chi connectivity index (χ0v) is 20.0. The van der Waals surface area contributed by atoms with Gasteiger partial charge in [0, 0.05) is 42.8 Å². The van der Waals surface area contributed by atoms with E-state index in [9.17, 15) is 4.79 Å². The molecule has 6 nitrogen and oxygen atoms in total. The second-order valence-electron chi connectivity index (χ2n) is 6.42. The van der Waals surface area contributed by atoms with Crippen molar-refractivity contribution in [2.24, 2.45) is 4.99 Å². The summed E-state index contributed by atoms with van der Waals surface area (Å²) in [4.78, 5) is 18.9. The summed E-state index contributed by atoms with van der Waals surface area (Å²) in [5.74, 6) is 0.779. The van der Waals surface area contributed by atoms with E-state index in [1.54, 1.807) is 7.05 Å². The average Bonchev–Trinajstić information content (AvgIpc) is 3.11. The van der Waals surface area contributed by atoms with Crippen LogP contribution in [-0.2, 0) is 0 Å². The number of hydrogen-bond acceptors (Lipinski definition) is 3. The van der Waals surface area contributed by atoms with Crippen LogP contribution >= 0.6 is 39.9 Å². The monoisotopic (exact) mass is 551 g/mol. The minimum absolute atomic E-state index is 0. The van der Waals surface area contributed by atoms with Crippen LogP contribution < -0.4 is 16.0 Å². The van der Waals surface area contributed by atoms with E-state index in [0.29, 0.717) is 18.2 Å². The lowest BCUT2D eigenvalue weighted by atomic mass is 10.2. The highest BCUT2D eigenvalue weighted by atomic mass is 127. The van der Waals surface area contributed by atoms with E-state index in [0.717, 1.165) is 36.5 Å². The molecule has 1 atom stereocenters. The summed E-state index contributed by atoms with van der Waals surface area (Å²) in [6.45, 7) is 6.84. The molecule has 27 heavy (non-hydrogen) atoms. The zero-order valence-electron chi connectivity index (χ0n) is 16.1. The molecule has 1 saturated heterocycles. The normalized spacial score (nSPS) is 17.3. The van der Waals surface area contributed by atoms with Crippen LogP contribution in [0.15, 0.2) is 33.7 Å². The first-order valence-electron chi connectivity index (χ1n) is 9.36. The van der Waals surface area contributed by atoms with Gasteiger partial charge in [-0.05, 0) is 50.6 Å². The fourth-order valence-corrected chi connectivity index (χ4v) is 3.61. The third kappa shape index (κ3) is 8.35. The molecule has 1 unspecified atom stereocenters. The van der Waals surface area contributed by atoms with Gasteiger partial charge in [-0.25, -0.2) is 0 Å². The predicted molar refractivity (Wildman–Crippen MR) is 126 cm³/mol. The molecular formula is C19H31BrIN5O. The number of carbonyl (C=O) groups is 1. The Bertz CT molecular complexity index is 614. The van der Waals surface area contributed by atoms with E-state index in [-0.39, 0.29) is 29.9 Å². The molecule has 1 aromatic carbocycles. The predicted octanol–water partition coefficient (Wildman–Crippen LogP) is 2.84. The van der Waals surface area contributed by atoms with Crippen molar-refractivity contribution in [1.82, 2.24) is 20.9 Å². The zero-order chi connectivity index (χ0) is 18.8. The highest BCUT2D eigenvalue weighted by molar-refractivity contribution is 14.0. The fourth-order valence-electron chi connectivity index (χ4n) is 3.21. The second-order valence-corrected chi connectivity index (χ2v) is 7.34. The molecule has 0 radical (unpaired) electrons. The van der Waals surface area contributed by atoms with Gasteiger partial charge >= 0.3 is 0 Å². The Kier molecular flexibility index (Phi) is 11.9. The molecule has 1 fully saturated rings. The van der Waals surface area contributed by atoms with Crippen molar-refractivity contribution in [3.8, 4) is 0 Å². The molecule has 3 N–H and O–H groups in total. The molecule has 8 heteroatoms. The summed E-state index contributed by atoms with van der Waals surface area (Å²) in [6, 6.07) is 8.00. The van der Waals surface area contributed by atoms with Gasteiger partial charge in [0.1, 0.15) is 0 Å². The van der Waals surface area contributed by atoms with Gasteiger partial charge in [-0.2, -0.15) is 0 Å². The Labute approximate surface area is 188 Å². The van der Waals surface area contributed by atoms with Crippen molar-refractivity contribution < 1.29 is 4.79 Å². The number of guanidine groups is 1. The second kappa shape index (κ2) is 13.3. The van der Waals surface area contributed by atoms with Gasteiger partial charge in [-0.1, -0.05) is 28.9 Å². The van der Waals surface area contributed by atoms with Gasteiger partial charge in [0.25, 0.3) is 5.91 Å². The quantitative estimate of drug-likeness (QED) is 0.201. The van der Waals surface area contributed by atoms with E-state index >= 15 is 0 Å². The number of likely N-dealkylation sites (N-methyl/N-ethyl adjacent to an activating group) is 1. The molecular weight excluding hydrogens is 521 g/mol. The molecule has 2 rings (SSSR count). The van der Waals surface area contributed by atoms with Gasteiger partial charge in [0.15, 0.2) is 5.96 Å². The van der Waals surface area contributed by atoms with Crippen LogP contribution in [0.3, 0.4) is 0 Å². The topological polar surface area (TPSA) is 68.8 Å². The van der Waals surface area contributed by atoms with Crippen molar-refractivity contribution in [2.75, 3.05) is 39.8 Å². The summed E-state index contributed by atoms with van der Waals surface area (Å²) < 4.78 is 0.908. The number of halogens is 2. The minimum Gasteiger partial charge on any atom is -0.356 e. The van der Waals surface area contributed by atoms with Gasteiger partial charge < -0.3 is 16.0 Å². The van der Waals surface area contributed by atoms with Gasteiger partial charge in [-0.15, -0.1) is 24.0 Å². The number of hydrogen-bond donors (Lipinski definition) is 3.